The van der Waals surface area contributed by atoms with Gasteiger partial charge < -0.3 is 15.8 Å². The average molecular weight is 447 g/mol. The number of nitrogen functional groups attached to an aromatic ring is 1. The second kappa shape index (κ2) is 6.45. The number of anilines is 2. The largest absolute Gasteiger partial charge is 0.495 e. The summed E-state index contributed by atoms with van der Waals surface area (Å²) in [6.07, 6.45) is 0. The van der Waals surface area contributed by atoms with Crippen molar-refractivity contribution >= 4 is 55.8 Å². The fourth-order valence-electron chi connectivity index (χ4n) is 1.66. The molecule has 4 nitrogen and oxygen atoms in total. The van der Waals surface area contributed by atoms with Gasteiger partial charge >= 0.3 is 0 Å². The third kappa shape index (κ3) is 3.43. The zero-order chi connectivity index (χ0) is 14.7. The highest BCUT2D eigenvalue weighted by atomic mass is 127. The lowest BCUT2D eigenvalue weighted by atomic mass is 10.2. The maximum absolute atomic E-state index is 12.3. The van der Waals surface area contributed by atoms with Gasteiger partial charge in [0.15, 0.2) is 0 Å². The number of hydrogen-bond donors (Lipinski definition) is 2. The van der Waals surface area contributed by atoms with Crippen LogP contribution in [0.4, 0.5) is 11.4 Å². The summed E-state index contributed by atoms with van der Waals surface area (Å²) in [6.45, 7) is 0. The number of nitrogens with one attached hydrogen (secondary N) is 1. The highest BCUT2D eigenvalue weighted by molar-refractivity contribution is 14.1. The molecule has 6 heteroatoms. The molecule has 0 saturated heterocycles. The highest BCUT2D eigenvalue weighted by Crippen LogP contribution is 2.26. The minimum atomic E-state index is -0.192. The maximum atomic E-state index is 12.3. The van der Waals surface area contributed by atoms with Gasteiger partial charge in [0, 0.05) is 19.8 Å². The van der Waals surface area contributed by atoms with Gasteiger partial charge in [-0.15, -0.1) is 0 Å². The molecule has 2 rings (SSSR count). The molecule has 0 fully saturated rings. The Morgan fingerprint density at radius 2 is 2.05 bits per heavy atom. The molecule has 0 aromatic heterocycles. The van der Waals surface area contributed by atoms with E-state index in [0.29, 0.717) is 22.7 Å². The van der Waals surface area contributed by atoms with E-state index in [2.05, 4.69) is 43.8 Å². The van der Waals surface area contributed by atoms with Crippen molar-refractivity contribution in [3.8, 4) is 5.75 Å². The number of rotatable bonds is 3. The van der Waals surface area contributed by atoms with E-state index < -0.39 is 0 Å². The quantitative estimate of drug-likeness (QED) is 0.555. The Balaban J connectivity index is 2.25. The monoisotopic (exact) mass is 446 g/mol. The molecule has 0 unspecified atom stereocenters. The molecule has 104 valence electrons. The minimum Gasteiger partial charge on any atom is -0.495 e. The summed E-state index contributed by atoms with van der Waals surface area (Å²) < 4.78 is 6.87. The lowest BCUT2D eigenvalue weighted by Gasteiger charge is -2.10. The molecule has 0 aliphatic rings. The predicted octanol–water partition coefficient (Wildman–Crippen LogP) is 3.90. The summed E-state index contributed by atoms with van der Waals surface area (Å²) in [5.74, 6) is 0.340. The van der Waals surface area contributed by atoms with Crippen LogP contribution in [0.1, 0.15) is 10.4 Å². The van der Waals surface area contributed by atoms with Crippen LogP contribution >= 0.6 is 38.5 Å². The molecule has 2 aromatic rings. The van der Waals surface area contributed by atoms with E-state index in [1.54, 1.807) is 18.2 Å². The van der Waals surface area contributed by atoms with E-state index in [1.165, 1.54) is 7.11 Å². The number of amides is 1. The van der Waals surface area contributed by atoms with Gasteiger partial charge in [0.1, 0.15) is 5.75 Å². The van der Waals surface area contributed by atoms with Crippen molar-refractivity contribution in [3.63, 3.8) is 0 Å². The third-order valence-electron chi connectivity index (χ3n) is 2.66. The molecule has 3 N–H and O–H groups in total. The molecular formula is C14H12BrIN2O2. The predicted molar refractivity (Wildman–Crippen MR) is 92.2 cm³/mol. The van der Waals surface area contributed by atoms with Crippen LogP contribution in [0.5, 0.6) is 5.75 Å². The summed E-state index contributed by atoms with van der Waals surface area (Å²) in [7, 11) is 1.54. The number of hydrogen-bond acceptors (Lipinski definition) is 3. The van der Waals surface area contributed by atoms with Gasteiger partial charge in [-0.05, 0) is 68.9 Å². The summed E-state index contributed by atoms with van der Waals surface area (Å²) in [4.78, 5) is 12.3. The summed E-state index contributed by atoms with van der Waals surface area (Å²) in [6, 6.07) is 10.7. The van der Waals surface area contributed by atoms with E-state index in [1.807, 2.05) is 18.2 Å². The van der Waals surface area contributed by atoms with Gasteiger partial charge in [-0.3, -0.25) is 4.79 Å². The highest BCUT2D eigenvalue weighted by Gasteiger charge is 2.11. The van der Waals surface area contributed by atoms with Gasteiger partial charge in [-0.1, -0.05) is 0 Å². The van der Waals surface area contributed by atoms with Crippen LogP contribution in [0, 0.1) is 3.57 Å². The molecule has 0 bridgehead atoms. The van der Waals surface area contributed by atoms with Gasteiger partial charge in [0.25, 0.3) is 5.91 Å². The first-order chi connectivity index (χ1) is 9.51. The molecule has 20 heavy (non-hydrogen) atoms. The Labute approximate surface area is 139 Å². The molecule has 2 aromatic carbocycles. The number of carbonyl (C=O) groups is 1. The maximum Gasteiger partial charge on any atom is 0.256 e. The molecule has 0 aliphatic carbocycles. The minimum absolute atomic E-state index is 0.192. The van der Waals surface area contributed by atoms with Crippen molar-refractivity contribution in [2.75, 3.05) is 18.2 Å². The number of methoxy groups -OCH3 is 1. The van der Waals surface area contributed by atoms with Crippen molar-refractivity contribution in [2.45, 2.75) is 0 Å². The Hall–Kier alpha value is -1.28. The number of halogens is 2. The van der Waals surface area contributed by atoms with Crippen LogP contribution in [-0.2, 0) is 0 Å². The normalized spacial score (nSPS) is 10.2. The molecule has 0 atom stereocenters. The van der Waals surface area contributed by atoms with Crippen LogP contribution < -0.4 is 15.8 Å². The fraction of sp³-hybridized carbons (Fsp3) is 0.0714. The lowest BCUT2D eigenvalue weighted by Crippen LogP contribution is -2.13. The number of nitrogens with two attached hydrogens (primary N) is 1. The Bertz CT molecular complexity index is 662. The second-order valence-corrected chi connectivity index (χ2v) is 6.13. The van der Waals surface area contributed by atoms with Crippen molar-refractivity contribution < 1.29 is 9.53 Å². The van der Waals surface area contributed by atoms with E-state index in [9.17, 15) is 4.79 Å². The Kier molecular flexibility index (Phi) is 4.87. The molecule has 0 aliphatic heterocycles. The van der Waals surface area contributed by atoms with Gasteiger partial charge in [-0.25, -0.2) is 0 Å². The van der Waals surface area contributed by atoms with Gasteiger partial charge in [0.2, 0.25) is 0 Å². The van der Waals surface area contributed by atoms with Crippen LogP contribution in [0.2, 0.25) is 0 Å². The van der Waals surface area contributed by atoms with Crippen LogP contribution in [0.25, 0.3) is 0 Å². The van der Waals surface area contributed by atoms with Crippen LogP contribution in [0.15, 0.2) is 40.9 Å². The summed E-state index contributed by atoms with van der Waals surface area (Å²) in [5.41, 5.74) is 7.48. The number of carbonyl (C=O) groups excluding carboxylic acids is 1. The zero-order valence-corrected chi connectivity index (χ0v) is 14.4. The second-order valence-electron chi connectivity index (χ2n) is 4.04. The van der Waals surface area contributed by atoms with Crippen molar-refractivity contribution in [3.05, 3.63) is 50.0 Å². The Morgan fingerprint density at radius 3 is 2.75 bits per heavy atom. The standard InChI is InChI=1S/C14H12BrIN2O2/c1-20-13-7-9(3-5-12(13)17)18-14(19)10-6-8(16)2-4-11(10)15/h2-7H,17H2,1H3,(H,18,19). The van der Waals surface area contributed by atoms with Gasteiger partial charge in [0.05, 0.1) is 18.4 Å². The SMILES string of the molecule is COc1cc(NC(=O)c2cc(I)ccc2Br)ccc1N. The van der Waals surface area contributed by atoms with Crippen LogP contribution in [-0.4, -0.2) is 13.0 Å². The molecule has 1 amide bonds. The van der Waals surface area contributed by atoms with Crippen molar-refractivity contribution in [1.82, 2.24) is 0 Å². The van der Waals surface area contributed by atoms with Crippen LogP contribution in [0.3, 0.4) is 0 Å². The summed E-state index contributed by atoms with van der Waals surface area (Å²) in [5, 5.41) is 2.82. The first-order valence-electron chi connectivity index (χ1n) is 5.71. The number of benzene rings is 2. The topological polar surface area (TPSA) is 64.3 Å². The van der Waals surface area contributed by atoms with Crippen molar-refractivity contribution in [1.29, 1.82) is 0 Å². The van der Waals surface area contributed by atoms with E-state index in [4.69, 9.17) is 10.5 Å². The molecule has 0 saturated carbocycles. The molecule has 0 heterocycles. The average Bonchev–Trinajstić information content (AvgIpc) is 2.43. The Morgan fingerprint density at radius 1 is 1.30 bits per heavy atom. The number of ether oxygens (including phenoxy) is 1. The summed E-state index contributed by atoms with van der Waals surface area (Å²) >= 11 is 5.54. The zero-order valence-electron chi connectivity index (χ0n) is 10.6. The van der Waals surface area contributed by atoms with E-state index in [0.717, 1.165) is 8.04 Å². The molecular weight excluding hydrogens is 435 g/mol. The van der Waals surface area contributed by atoms with Crippen molar-refractivity contribution in [2.24, 2.45) is 0 Å². The van der Waals surface area contributed by atoms with E-state index >= 15 is 0 Å². The lowest BCUT2D eigenvalue weighted by molar-refractivity contribution is 0.102. The molecule has 0 radical (unpaired) electrons. The molecule has 0 spiro atoms. The van der Waals surface area contributed by atoms with E-state index in [-0.39, 0.29) is 5.91 Å². The first kappa shape index (κ1) is 15.1. The third-order valence-corrected chi connectivity index (χ3v) is 4.03. The first-order valence-corrected chi connectivity index (χ1v) is 7.58. The smallest absolute Gasteiger partial charge is 0.256 e. The van der Waals surface area contributed by atoms with Gasteiger partial charge in [-0.2, -0.15) is 0 Å². The fourth-order valence-corrected chi connectivity index (χ4v) is 2.58.